The van der Waals surface area contributed by atoms with Crippen LogP contribution in [0.25, 0.3) is 0 Å². The van der Waals surface area contributed by atoms with E-state index in [9.17, 15) is 4.79 Å². The molecule has 0 atom stereocenters. The van der Waals surface area contributed by atoms with Gasteiger partial charge in [-0.05, 0) is 18.8 Å². The van der Waals surface area contributed by atoms with Crippen LogP contribution in [0.15, 0.2) is 0 Å². The van der Waals surface area contributed by atoms with Gasteiger partial charge in [0, 0.05) is 19.6 Å². The van der Waals surface area contributed by atoms with Gasteiger partial charge in [0.2, 0.25) is 5.91 Å². The third-order valence-electron chi connectivity index (χ3n) is 2.59. The Morgan fingerprint density at radius 3 is 2.69 bits per heavy atom. The van der Waals surface area contributed by atoms with Gasteiger partial charge in [-0.2, -0.15) is 0 Å². The Bertz CT molecular complexity index is 198. The quantitative estimate of drug-likeness (QED) is 0.601. The molecule has 2 aliphatic rings. The van der Waals surface area contributed by atoms with Gasteiger partial charge in [-0.3, -0.25) is 9.69 Å². The highest BCUT2D eigenvalue weighted by Crippen LogP contribution is 2.27. The van der Waals surface area contributed by atoms with Crippen LogP contribution in [0.5, 0.6) is 0 Å². The zero-order valence-corrected chi connectivity index (χ0v) is 7.70. The second-order valence-corrected chi connectivity index (χ2v) is 4.10. The molecule has 0 aromatic rings. The summed E-state index contributed by atoms with van der Waals surface area (Å²) in [6.07, 6.45) is 2.32. The number of carbonyl (C=O) groups excluding carboxylic acids is 1. The molecular formula is C9H16N2O2. The molecule has 4 heteroatoms. The van der Waals surface area contributed by atoms with E-state index in [2.05, 4.69) is 5.32 Å². The Morgan fingerprint density at radius 1 is 1.46 bits per heavy atom. The zero-order chi connectivity index (χ0) is 9.26. The molecule has 1 saturated carbocycles. The van der Waals surface area contributed by atoms with E-state index in [0.717, 1.165) is 12.5 Å². The number of nitrogens with zero attached hydrogens (tertiary/aromatic N) is 1. The smallest absolute Gasteiger partial charge is 0.234 e. The Kier molecular flexibility index (Phi) is 2.51. The van der Waals surface area contributed by atoms with Crippen LogP contribution in [0.4, 0.5) is 0 Å². The van der Waals surface area contributed by atoms with Crippen LogP contribution in [0, 0.1) is 5.92 Å². The molecule has 0 radical (unpaired) electrons. The van der Waals surface area contributed by atoms with Gasteiger partial charge in [0.15, 0.2) is 0 Å². The van der Waals surface area contributed by atoms with Crippen LogP contribution in [-0.4, -0.2) is 48.2 Å². The molecule has 2 N–H and O–H groups in total. The molecule has 4 nitrogen and oxygen atoms in total. The molecule has 1 heterocycles. The highest BCUT2D eigenvalue weighted by Gasteiger charge is 2.26. The number of nitrogens with one attached hydrogen (secondary N) is 1. The van der Waals surface area contributed by atoms with Crippen molar-refractivity contribution in [3.05, 3.63) is 0 Å². The molecule has 0 bridgehead atoms. The van der Waals surface area contributed by atoms with Gasteiger partial charge >= 0.3 is 0 Å². The molecule has 13 heavy (non-hydrogen) atoms. The van der Waals surface area contributed by atoms with E-state index in [1.807, 2.05) is 4.90 Å². The van der Waals surface area contributed by atoms with E-state index in [4.69, 9.17) is 5.11 Å². The summed E-state index contributed by atoms with van der Waals surface area (Å²) in [4.78, 5) is 13.2. The lowest BCUT2D eigenvalue weighted by atomic mass is 10.2. The molecule has 1 amide bonds. The normalized spacial score (nSPS) is 24.1. The third kappa shape index (κ3) is 2.67. The Balaban J connectivity index is 1.55. The van der Waals surface area contributed by atoms with Crippen LogP contribution in [0.2, 0.25) is 0 Å². The van der Waals surface area contributed by atoms with Crippen LogP contribution in [0.1, 0.15) is 12.8 Å². The number of carbonyl (C=O) groups is 1. The average Bonchev–Trinajstić information content (AvgIpc) is 2.81. The number of rotatable bonds is 4. The van der Waals surface area contributed by atoms with Crippen molar-refractivity contribution in [1.29, 1.82) is 0 Å². The first-order valence-electron chi connectivity index (χ1n) is 4.91. The lowest BCUT2D eigenvalue weighted by Gasteiger charge is -2.35. The molecule has 0 unspecified atom stereocenters. The van der Waals surface area contributed by atoms with Gasteiger partial charge in [0.1, 0.15) is 0 Å². The lowest BCUT2D eigenvalue weighted by Crippen LogP contribution is -2.54. The van der Waals surface area contributed by atoms with Crippen LogP contribution in [0.3, 0.4) is 0 Å². The van der Waals surface area contributed by atoms with Gasteiger partial charge in [0.05, 0.1) is 12.6 Å². The average molecular weight is 184 g/mol. The Labute approximate surface area is 77.9 Å². The minimum Gasteiger partial charge on any atom is -0.390 e. The van der Waals surface area contributed by atoms with Crippen molar-refractivity contribution in [3.63, 3.8) is 0 Å². The summed E-state index contributed by atoms with van der Waals surface area (Å²) >= 11 is 0. The number of aliphatic hydroxyl groups is 1. The molecule has 1 saturated heterocycles. The molecule has 0 spiro atoms. The van der Waals surface area contributed by atoms with Crippen molar-refractivity contribution in [2.24, 2.45) is 5.92 Å². The number of hydrogen-bond acceptors (Lipinski definition) is 3. The minimum atomic E-state index is -0.212. The Hall–Kier alpha value is -0.610. The standard InChI is InChI=1S/C9H16N2O2/c12-8-4-11(5-8)6-9(13)10-3-7-1-2-7/h7-8,12H,1-6H2,(H,10,13). The molecular weight excluding hydrogens is 168 g/mol. The van der Waals surface area contributed by atoms with Gasteiger partial charge in [-0.15, -0.1) is 0 Å². The first-order chi connectivity index (χ1) is 6.24. The van der Waals surface area contributed by atoms with Gasteiger partial charge in [-0.25, -0.2) is 0 Å². The van der Waals surface area contributed by atoms with Crippen molar-refractivity contribution in [2.45, 2.75) is 18.9 Å². The summed E-state index contributed by atoms with van der Waals surface area (Å²) in [7, 11) is 0. The molecule has 2 rings (SSSR count). The number of hydrogen-bond donors (Lipinski definition) is 2. The van der Waals surface area contributed by atoms with Crippen LogP contribution < -0.4 is 5.32 Å². The monoisotopic (exact) mass is 184 g/mol. The van der Waals surface area contributed by atoms with Crippen molar-refractivity contribution >= 4 is 5.91 Å². The third-order valence-corrected chi connectivity index (χ3v) is 2.59. The molecule has 1 aliphatic carbocycles. The maximum Gasteiger partial charge on any atom is 0.234 e. The predicted molar refractivity (Wildman–Crippen MR) is 48.2 cm³/mol. The summed E-state index contributed by atoms with van der Waals surface area (Å²) in [5, 5.41) is 11.9. The largest absolute Gasteiger partial charge is 0.390 e. The summed E-state index contributed by atoms with van der Waals surface area (Å²) in [6, 6.07) is 0. The van der Waals surface area contributed by atoms with Gasteiger partial charge in [0.25, 0.3) is 0 Å². The van der Waals surface area contributed by atoms with E-state index in [1.165, 1.54) is 12.8 Å². The predicted octanol–water partition coefficient (Wildman–Crippen LogP) is -0.811. The van der Waals surface area contributed by atoms with E-state index < -0.39 is 0 Å². The van der Waals surface area contributed by atoms with E-state index in [-0.39, 0.29) is 12.0 Å². The van der Waals surface area contributed by atoms with Crippen molar-refractivity contribution in [2.75, 3.05) is 26.2 Å². The van der Waals surface area contributed by atoms with Crippen molar-refractivity contribution in [1.82, 2.24) is 10.2 Å². The number of likely N-dealkylation sites (tertiary alicyclic amines) is 1. The van der Waals surface area contributed by atoms with Crippen LogP contribution >= 0.6 is 0 Å². The highest BCUT2D eigenvalue weighted by atomic mass is 16.3. The van der Waals surface area contributed by atoms with E-state index in [0.29, 0.717) is 19.6 Å². The fourth-order valence-electron chi connectivity index (χ4n) is 1.51. The second-order valence-electron chi connectivity index (χ2n) is 4.10. The van der Waals surface area contributed by atoms with Crippen LogP contribution in [-0.2, 0) is 4.79 Å². The minimum absolute atomic E-state index is 0.0961. The molecule has 74 valence electrons. The summed E-state index contributed by atoms with van der Waals surface area (Å²) in [5.41, 5.74) is 0. The highest BCUT2D eigenvalue weighted by molar-refractivity contribution is 5.78. The number of amides is 1. The molecule has 2 fully saturated rings. The lowest BCUT2D eigenvalue weighted by molar-refractivity contribution is -0.124. The summed E-state index contributed by atoms with van der Waals surface area (Å²) in [6.45, 7) is 2.59. The SMILES string of the molecule is O=C(CN1CC(O)C1)NCC1CC1. The number of aliphatic hydroxyl groups excluding tert-OH is 1. The van der Waals surface area contributed by atoms with Crippen molar-refractivity contribution in [3.8, 4) is 0 Å². The first kappa shape index (κ1) is 8.97. The van der Waals surface area contributed by atoms with E-state index >= 15 is 0 Å². The number of β-amino-alcohol motifs (C(OH)–C–C–N with tert-alkyl or cyclic N) is 1. The maximum absolute atomic E-state index is 11.3. The molecule has 0 aromatic carbocycles. The zero-order valence-electron chi connectivity index (χ0n) is 7.70. The molecule has 1 aliphatic heterocycles. The summed E-state index contributed by atoms with van der Waals surface area (Å²) < 4.78 is 0. The first-order valence-corrected chi connectivity index (χ1v) is 4.91. The van der Waals surface area contributed by atoms with Crippen molar-refractivity contribution < 1.29 is 9.90 Å². The fourth-order valence-corrected chi connectivity index (χ4v) is 1.51. The topological polar surface area (TPSA) is 52.6 Å². The molecule has 0 aromatic heterocycles. The summed E-state index contributed by atoms with van der Waals surface area (Å²) in [5.74, 6) is 0.838. The Morgan fingerprint density at radius 2 is 2.15 bits per heavy atom. The second kappa shape index (κ2) is 3.64. The maximum atomic E-state index is 11.3. The van der Waals surface area contributed by atoms with E-state index in [1.54, 1.807) is 0 Å². The van der Waals surface area contributed by atoms with Gasteiger partial charge < -0.3 is 10.4 Å². The fraction of sp³-hybridized carbons (Fsp3) is 0.889. The van der Waals surface area contributed by atoms with Gasteiger partial charge in [-0.1, -0.05) is 0 Å².